The van der Waals surface area contributed by atoms with Crippen molar-refractivity contribution in [1.82, 2.24) is 35.1 Å². The van der Waals surface area contributed by atoms with E-state index in [1.54, 1.807) is 4.90 Å². The topological polar surface area (TPSA) is 139 Å². The van der Waals surface area contributed by atoms with Crippen LogP contribution >= 0.6 is 0 Å². The summed E-state index contributed by atoms with van der Waals surface area (Å²) >= 11 is 0. The summed E-state index contributed by atoms with van der Waals surface area (Å²) in [5, 5.41) is 20.7. The van der Waals surface area contributed by atoms with Crippen LogP contribution in [0.15, 0.2) is 6.33 Å². The molecule has 1 amide bonds. The second-order valence-electron chi connectivity index (χ2n) is 6.61. The van der Waals surface area contributed by atoms with Gasteiger partial charge in [0, 0.05) is 38.2 Å². The van der Waals surface area contributed by atoms with E-state index < -0.39 is 0 Å². The van der Waals surface area contributed by atoms with Crippen LogP contribution in [0.5, 0.6) is 0 Å². The van der Waals surface area contributed by atoms with Crippen LogP contribution in [0.3, 0.4) is 0 Å². The molecule has 2 aliphatic heterocycles. The maximum atomic E-state index is 12.5. The fourth-order valence-electron chi connectivity index (χ4n) is 3.53. The molecule has 11 nitrogen and oxygen atoms in total. The number of fused-ring (bicyclic) bond motifs is 1. The molecule has 4 heterocycles. The quantitative estimate of drug-likeness (QED) is 0.652. The number of tetrazole rings is 1. The van der Waals surface area contributed by atoms with Gasteiger partial charge in [-0.2, -0.15) is 4.98 Å². The van der Waals surface area contributed by atoms with E-state index in [2.05, 4.69) is 30.4 Å². The van der Waals surface area contributed by atoms with Crippen molar-refractivity contribution >= 4 is 17.7 Å². The number of amides is 1. The molecule has 138 valence electrons. The molecule has 2 aromatic heterocycles. The number of rotatable bonds is 3. The van der Waals surface area contributed by atoms with E-state index >= 15 is 0 Å². The molecule has 1 fully saturated rings. The number of carbonyl (C=O) groups is 1. The lowest BCUT2D eigenvalue weighted by Gasteiger charge is -2.22. The highest BCUT2D eigenvalue weighted by molar-refractivity contribution is 5.76. The Morgan fingerprint density at radius 3 is 2.85 bits per heavy atom. The first-order valence-corrected chi connectivity index (χ1v) is 8.67. The summed E-state index contributed by atoms with van der Waals surface area (Å²) in [6.07, 6.45) is 3.07. The van der Waals surface area contributed by atoms with Crippen molar-refractivity contribution in [3.63, 3.8) is 0 Å². The summed E-state index contributed by atoms with van der Waals surface area (Å²) < 4.78 is 1.41. The second-order valence-corrected chi connectivity index (χ2v) is 6.61. The third kappa shape index (κ3) is 3.29. The van der Waals surface area contributed by atoms with E-state index in [1.165, 1.54) is 11.0 Å². The molecular weight excluding hydrogens is 338 g/mol. The number of nitrogens with zero attached hydrogens (tertiary/aromatic N) is 8. The van der Waals surface area contributed by atoms with Gasteiger partial charge in [-0.25, -0.2) is 9.67 Å². The third-order valence-corrected chi connectivity index (χ3v) is 4.84. The van der Waals surface area contributed by atoms with E-state index in [-0.39, 0.29) is 24.5 Å². The maximum Gasteiger partial charge on any atom is 0.244 e. The number of aromatic nitrogens is 6. The largest absolute Gasteiger partial charge is 0.391 e. The monoisotopic (exact) mass is 359 g/mol. The highest BCUT2D eigenvalue weighted by atomic mass is 16.3. The minimum atomic E-state index is -0.345. The summed E-state index contributed by atoms with van der Waals surface area (Å²) in [7, 11) is 0. The summed E-state index contributed by atoms with van der Waals surface area (Å²) in [5.41, 5.74) is 7.80. The Morgan fingerprint density at radius 2 is 2.12 bits per heavy atom. The van der Waals surface area contributed by atoms with E-state index in [0.29, 0.717) is 32.5 Å². The Kier molecular flexibility index (Phi) is 4.37. The van der Waals surface area contributed by atoms with Crippen LogP contribution in [-0.4, -0.2) is 78.4 Å². The molecule has 0 bridgehead atoms. The number of hydrogen-bond donors (Lipinski definition) is 2. The predicted octanol–water partition coefficient (Wildman–Crippen LogP) is -1.76. The number of carbonyl (C=O) groups excluding carboxylic acids is 1. The van der Waals surface area contributed by atoms with Crippen LogP contribution in [0, 0.1) is 0 Å². The van der Waals surface area contributed by atoms with Gasteiger partial charge in [-0.1, -0.05) is 0 Å². The number of hydrogen-bond acceptors (Lipinski definition) is 9. The zero-order valence-corrected chi connectivity index (χ0v) is 14.3. The smallest absolute Gasteiger partial charge is 0.244 e. The Labute approximate surface area is 149 Å². The first-order chi connectivity index (χ1) is 12.6. The Bertz CT molecular complexity index is 795. The van der Waals surface area contributed by atoms with Crippen molar-refractivity contribution in [1.29, 1.82) is 0 Å². The normalized spacial score (nSPS) is 20.1. The fraction of sp³-hybridized carbons (Fsp3) is 0.600. The number of anilines is 2. The summed E-state index contributed by atoms with van der Waals surface area (Å²) in [4.78, 5) is 25.2. The molecule has 3 N–H and O–H groups in total. The van der Waals surface area contributed by atoms with Gasteiger partial charge in [0.05, 0.1) is 11.8 Å². The molecule has 2 aliphatic rings. The van der Waals surface area contributed by atoms with Gasteiger partial charge in [0.15, 0.2) is 0 Å². The number of nitrogen functional groups attached to an aromatic ring is 1. The lowest BCUT2D eigenvalue weighted by atomic mass is 10.1. The first kappa shape index (κ1) is 16.6. The zero-order chi connectivity index (χ0) is 18.1. The van der Waals surface area contributed by atoms with E-state index in [1.807, 2.05) is 0 Å². The van der Waals surface area contributed by atoms with Crippen molar-refractivity contribution in [3.05, 3.63) is 17.6 Å². The molecule has 4 rings (SSSR count). The molecular formula is C15H21N9O2. The van der Waals surface area contributed by atoms with Crippen molar-refractivity contribution in [2.24, 2.45) is 0 Å². The minimum absolute atomic E-state index is 0.0378. The number of aliphatic hydroxyl groups is 1. The number of nitrogens with two attached hydrogens (primary N) is 1. The first-order valence-electron chi connectivity index (χ1n) is 8.67. The molecule has 1 atom stereocenters. The van der Waals surface area contributed by atoms with Crippen LogP contribution in [0.1, 0.15) is 17.7 Å². The average molecular weight is 359 g/mol. The molecule has 0 aliphatic carbocycles. The molecule has 0 unspecified atom stereocenters. The fourth-order valence-corrected chi connectivity index (χ4v) is 3.53. The summed E-state index contributed by atoms with van der Waals surface area (Å²) in [6.45, 7) is 2.54. The van der Waals surface area contributed by atoms with Crippen LogP contribution in [0.2, 0.25) is 0 Å². The molecule has 26 heavy (non-hydrogen) atoms. The van der Waals surface area contributed by atoms with E-state index in [9.17, 15) is 9.90 Å². The molecule has 0 spiro atoms. The highest BCUT2D eigenvalue weighted by Crippen LogP contribution is 2.28. The highest BCUT2D eigenvalue weighted by Gasteiger charge is 2.28. The van der Waals surface area contributed by atoms with Crippen LogP contribution in [0.4, 0.5) is 11.8 Å². The van der Waals surface area contributed by atoms with Gasteiger partial charge < -0.3 is 20.6 Å². The predicted molar refractivity (Wildman–Crippen MR) is 91.1 cm³/mol. The Balaban J connectivity index is 1.53. The number of β-amino-alcohol motifs (C(OH)–C–C–N with tert-alkyl or cyclic N) is 1. The Hall–Kier alpha value is -2.82. The van der Waals surface area contributed by atoms with Gasteiger partial charge in [-0.3, -0.25) is 4.79 Å². The van der Waals surface area contributed by atoms with Gasteiger partial charge >= 0.3 is 0 Å². The maximum absolute atomic E-state index is 12.5. The lowest BCUT2D eigenvalue weighted by molar-refractivity contribution is -0.132. The zero-order valence-electron chi connectivity index (χ0n) is 14.3. The molecule has 0 radical (unpaired) electrons. The van der Waals surface area contributed by atoms with Gasteiger partial charge in [0.2, 0.25) is 11.9 Å². The van der Waals surface area contributed by atoms with Gasteiger partial charge in [-0.15, -0.1) is 5.10 Å². The molecule has 11 heteroatoms. The molecule has 1 saturated heterocycles. The van der Waals surface area contributed by atoms with Crippen molar-refractivity contribution in [2.75, 3.05) is 36.8 Å². The third-order valence-electron chi connectivity index (χ3n) is 4.84. The van der Waals surface area contributed by atoms with Crippen molar-refractivity contribution in [2.45, 2.75) is 31.9 Å². The van der Waals surface area contributed by atoms with Crippen molar-refractivity contribution in [3.8, 4) is 0 Å². The average Bonchev–Trinajstić information content (AvgIpc) is 3.22. The van der Waals surface area contributed by atoms with Crippen LogP contribution in [-0.2, 0) is 24.2 Å². The van der Waals surface area contributed by atoms with Gasteiger partial charge in [-0.05, 0) is 23.3 Å². The second kappa shape index (κ2) is 6.83. The van der Waals surface area contributed by atoms with Crippen molar-refractivity contribution < 1.29 is 9.90 Å². The van der Waals surface area contributed by atoms with E-state index in [0.717, 1.165) is 30.0 Å². The summed E-state index contributed by atoms with van der Waals surface area (Å²) in [5.74, 6) is 0.983. The summed E-state index contributed by atoms with van der Waals surface area (Å²) in [6, 6.07) is 0. The lowest BCUT2D eigenvalue weighted by Crippen LogP contribution is -2.36. The molecule has 0 aromatic carbocycles. The van der Waals surface area contributed by atoms with Crippen LogP contribution in [0.25, 0.3) is 0 Å². The molecule has 0 saturated carbocycles. The van der Waals surface area contributed by atoms with Crippen LogP contribution < -0.4 is 10.6 Å². The minimum Gasteiger partial charge on any atom is -0.391 e. The van der Waals surface area contributed by atoms with Gasteiger partial charge in [0.1, 0.15) is 18.7 Å². The van der Waals surface area contributed by atoms with Gasteiger partial charge in [0.25, 0.3) is 0 Å². The van der Waals surface area contributed by atoms with E-state index in [4.69, 9.17) is 5.73 Å². The standard InChI is InChI=1S/C15H21N9O2/c16-15-18-12-3-6-22(13(26)8-24-9-17-20-21-24)5-2-11(12)14(19-15)23-4-1-10(25)7-23/h9-10,25H,1-8H2,(H2,16,18,19)/t10-/m0/s1. The molecule has 2 aromatic rings. The number of aliphatic hydroxyl groups excluding tert-OH is 1. The Morgan fingerprint density at radius 1 is 1.27 bits per heavy atom. The SMILES string of the molecule is Nc1nc2c(c(N3CC[C@H](O)C3)n1)CCN(C(=O)Cn1cnnn1)CC2.